The number of hydrogen-bond acceptors (Lipinski definition) is 2. The lowest BCUT2D eigenvalue weighted by Crippen LogP contribution is -2.32. The van der Waals surface area contributed by atoms with Gasteiger partial charge in [0.2, 0.25) is 0 Å². The number of hydrogen-bond donors (Lipinski definition) is 0. The second-order valence-corrected chi connectivity index (χ2v) is 15.1. The van der Waals surface area contributed by atoms with Crippen molar-refractivity contribution in [2.75, 3.05) is 0 Å². The predicted octanol–water partition coefficient (Wildman–Crippen LogP) is 9.50. The van der Waals surface area contributed by atoms with E-state index in [9.17, 15) is 0 Å². The van der Waals surface area contributed by atoms with Crippen molar-refractivity contribution in [3.05, 3.63) is 156 Å². The fourth-order valence-electron chi connectivity index (χ4n) is 6.33. The number of fused-ring (bicyclic) bond motifs is 2. The number of pyridine rings is 2. The molecule has 0 N–H and O–H groups in total. The monoisotopic (exact) mass is 530 g/mol. The van der Waals surface area contributed by atoms with E-state index in [-0.39, 0.29) is 0 Å². The van der Waals surface area contributed by atoms with E-state index in [1.807, 2.05) is 12.4 Å². The summed E-state index contributed by atoms with van der Waals surface area (Å²) in [6, 6.07) is 44.5. The molecule has 1 aliphatic rings. The van der Waals surface area contributed by atoms with Gasteiger partial charge in [-0.15, -0.1) is 0 Å². The number of rotatable bonds is 5. The van der Waals surface area contributed by atoms with Crippen LogP contribution in [0.4, 0.5) is 0 Å². The van der Waals surface area contributed by atoms with Crippen LogP contribution in [0.3, 0.4) is 0 Å². The molecule has 0 bridgehead atoms. The highest BCUT2D eigenvalue weighted by molar-refractivity contribution is 7.13. The number of benzene rings is 4. The van der Waals surface area contributed by atoms with E-state index in [2.05, 4.69) is 135 Å². The van der Waals surface area contributed by atoms with Gasteiger partial charge in [0, 0.05) is 23.2 Å². The van der Waals surface area contributed by atoms with Crippen LogP contribution >= 0.6 is 0 Å². The third kappa shape index (κ3) is 3.93. The zero-order chi connectivity index (χ0) is 27.1. The number of nitrogens with zero attached hydrogens (tertiary/aromatic N) is 2. The van der Waals surface area contributed by atoms with Crippen molar-refractivity contribution in [3.8, 4) is 0 Å². The maximum Gasteiger partial charge on any atom is 0.122 e. The molecule has 0 saturated carbocycles. The normalized spacial score (nSPS) is 14.8. The third-order valence-electron chi connectivity index (χ3n) is 8.46. The summed E-state index contributed by atoms with van der Waals surface area (Å²) >= 11 is 0. The summed E-state index contributed by atoms with van der Waals surface area (Å²) < 4.78 is 0. The van der Waals surface area contributed by atoms with Crippen molar-refractivity contribution < 1.29 is 0 Å². The van der Waals surface area contributed by atoms with Crippen molar-refractivity contribution in [2.24, 2.45) is 0 Å². The minimum absolute atomic E-state index is 1.05. The van der Waals surface area contributed by atoms with Gasteiger partial charge in [0.1, 0.15) is 8.07 Å². The maximum atomic E-state index is 5.14. The molecule has 0 unspecified atom stereocenters. The molecule has 7 rings (SSSR count). The maximum absolute atomic E-state index is 5.14. The minimum Gasteiger partial charge on any atom is -0.256 e. The van der Waals surface area contributed by atoms with E-state index in [1.165, 1.54) is 54.2 Å². The molecule has 0 aliphatic carbocycles. The highest BCUT2D eigenvalue weighted by Gasteiger charge is 2.47. The molecule has 1 aliphatic heterocycles. The fraction of sp³-hybridized carbons (Fsp3) is 0.0811. The summed E-state index contributed by atoms with van der Waals surface area (Å²) in [5.41, 5.74) is 7.23. The number of allylic oxidation sites excluding steroid dienone is 2. The highest BCUT2D eigenvalue weighted by atomic mass is 28.3. The van der Waals surface area contributed by atoms with Gasteiger partial charge < -0.3 is 0 Å². The number of aromatic nitrogens is 2. The Balaban J connectivity index is 1.61. The van der Waals surface area contributed by atoms with E-state index in [4.69, 9.17) is 9.97 Å². The topological polar surface area (TPSA) is 25.8 Å². The third-order valence-corrected chi connectivity index (χ3v) is 13.1. The zero-order valence-electron chi connectivity index (χ0n) is 22.8. The Kier molecular flexibility index (Phi) is 6.02. The molecule has 0 atom stereocenters. The van der Waals surface area contributed by atoms with Crippen LogP contribution in [0.2, 0.25) is 12.6 Å². The smallest absolute Gasteiger partial charge is 0.122 e. The Bertz CT molecular complexity index is 1800. The van der Waals surface area contributed by atoms with Crippen LogP contribution in [0.25, 0.3) is 43.1 Å². The fourth-order valence-corrected chi connectivity index (χ4v) is 10.3. The summed E-state index contributed by atoms with van der Waals surface area (Å²) in [7, 11) is -2.33. The first kappa shape index (κ1) is 24.4. The van der Waals surface area contributed by atoms with Crippen molar-refractivity contribution in [1.82, 2.24) is 9.97 Å². The lowest BCUT2D eigenvalue weighted by Gasteiger charge is -2.29. The van der Waals surface area contributed by atoms with Gasteiger partial charge in [-0.2, -0.15) is 0 Å². The first-order chi connectivity index (χ1) is 19.7. The molecule has 0 spiro atoms. The van der Waals surface area contributed by atoms with Gasteiger partial charge in [0.25, 0.3) is 0 Å². The van der Waals surface area contributed by atoms with Crippen LogP contribution < -0.4 is 0 Å². The summed E-state index contributed by atoms with van der Waals surface area (Å²) in [6.45, 7) is 4.87. The van der Waals surface area contributed by atoms with Crippen LogP contribution in [-0.2, 0) is 0 Å². The average Bonchev–Trinajstić information content (AvgIpc) is 3.31. The van der Waals surface area contributed by atoms with Crippen LogP contribution in [0.1, 0.15) is 29.4 Å². The van der Waals surface area contributed by atoms with E-state index in [0.29, 0.717) is 0 Å². The summed E-state index contributed by atoms with van der Waals surface area (Å²) in [5, 5.41) is 7.57. The minimum atomic E-state index is -2.33. The summed E-state index contributed by atoms with van der Waals surface area (Å²) in [4.78, 5) is 10.3. The zero-order valence-corrected chi connectivity index (χ0v) is 23.8. The Labute approximate surface area is 236 Å². The van der Waals surface area contributed by atoms with E-state index in [0.717, 1.165) is 17.4 Å². The van der Waals surface area contributed by atoms with E-state index in [1.54, 1.807) is 0 Å². The van der Waals surface area contributed by atoms with Crippen molar-refractivity contribution in [2.45, 2.75) is 19.5 Å². The van der Waals surface area contributed by atoms with E-state index >= 15 is 0 Å². The molecule has 6 aromatic rings. The molecule has 3 heterocycles. The molecule has 3 heteroatoms. The first-order valence-corrected chi connectivity index (χ1v) is 16.7. The van der Waals surface area contributed by atoms with Crippen LogP contribution in [0.15, 0.2) is 134 Å². The second-order valence-electron chi connectivity index (χ2n) is 10.8. The summed E-state index contributed by atoms with van der Waals surface area (Å²) in [5.74, 6) is 0. The lowest BCUT2D eigenvalue weighted by atomic mass is 9.90. The molecule has 192 valence electrons. The lowest BCUT2D eigenvalue weighted by molar-refractivity contribution is 1.29. The standard InChI is InChI=1S/C37H30N2Si/c1-3-40(2)36(32-22-28-18-10-12-20-30(28)24-38-32)34(26-14-6-4-7-15-26)35(27-16-8-5-9-17-27)37(40)33-23-29-19-11-13-21-31(29)25-39-33/h4-25H,3H2,1-2H3. The van der Waals surface area contributed by atoms with Gasteiger partial charge in [0.15, 0.2) is 0 Å². The molecule has 0 saturated heterocycles. The Hall–Kier alpha value is -4.60. The van der Waals surface area contributed by atoms with Gasteiger partial charge in [-0.3, -0.25) is 9.97 Å². The molecule has 0 radical (unpaired) electrons. The highest BCUT2D eigenvalue weighted by Crippen LogP contribution is 2.56. The Morgan fingerprint density at radius 3 is 1.27 bits per heavy atom. The average molecular weight is 531 g/mol. The van der Waals surface area contributed by atoms with Gasteiger partial charge >= 0.3 is 0 Å². The Morgan fingerprint density at radius 2 is 0.875 bits per heavy atom. The van der Waals surface area contributed by atoms with Gasteiger partial charge in [-0.1, -0.05) is 129 Å². The molecule has 2 nitrogen and oxygen atoms in total. The predicted molar refractivity (Wildman–Crippen MR) is 172 cm³/mol. The van der Waals surface area contributed by atoms with Crippen molar-refractivity contribution in [1.29, 1.82) is 0 Å². The summed E-state index contributed by atoms with van der Waals surface area (Å²) in [6.07, 6.45) is 4.08. The van der Waals surface area contributed by atoms with Crippen LogP contribution in [-0.4, -0.2) is 18.0 Å². The quantitative estimate of drug-likeness (QED) is 0.207. The SMILES string of the molecule is CC[Si]1(C)C(c2cc3ccccc3cn2)=C(c2ccccc2)C(c2ccccc2)=C1c1cc2ccccc2cn1. The molecule has 0 fully saturated rings. The molecular weight excluding hydrogens is 501 g/mol. The second kappa shape index (κ2) is 9.85. The first-order valence-electron chi connectivity index (χ1n) is 14.0. The molecular formula is C37H30N2Si. The molecule has 2 aromatic heterocycles. The van der Waals surface area contributed by atoms with Gasteiger partial charge in [-0.25, -0.2) is 0 Å². The molecule has 4 aromatic carbocycles. The molecule has 40 heavy (non-hydrogen) atoms. The van der Waals surface area contributed by atoms with Gasteiger partial charge in [-0.05, 0) is 55.6 Å². The van der Waals surface area contributed by atoms with Gasteiger partial charge in [0.05, 0.1) is 11.4 Å². The van der Waals surface area contributed by atoms with Crippen LogP contribution in [0, 0.1) is 0 Å². The largest absolute Gasteiger partial charge is 0.256 e. The van der Waals surface area contributed by atoms with Crippen molar-refractivity contribution in [3.63, 3.8) is 0 Å². The Morgan fingerprint density at radius 1 is 0.500 bits per heavy atom. The van der Waals surface area contributed by atoms with Crippen LogP contribution in [0.5, 0.6) is 0 Å². The molecule has 0 amide bonds. The van der Waals surface area contributed by atoms with E-state index < -0.39 is 8.07 Å². The van der Waals surface area contributed by atoms with Crippen molar-refractivity contribution >= 4 is 51.2 Å².